The van der Waals surface area contributed by atoms with Gasteiger partial charge < -0.3 is 14.4 Å². The zero-order chi connectivity index (χ0) is 27.4. The predicted molar refractivity (Wildman–Crippen MR) is 150 cm³/mol. The zero-order valence-corrected chi connectivity index (χ0v) is 22.9. The molecule has 0 aliphatic carbocycles. The summed E-state index contributed by atoms with van der Waals surface area (Å²) in [6, 6.07) is 19.7. The molecule has 0 bridgehead atoms. The normalized spacial score (nSPS) is 17.4. The second kappa shape index (κ2) is 12.1. The third-order valence-corrected chi connectivity index (χ3v) is 7.42. The van der Waals surface area contributed by atoms with E-state index in [2.05, 4.69) is 10.4 Å². The first kappa shape index (κ1) is 27.0. The summed E-state index contributed by atoms with van der Waals surface area (Å²) in [7, 11) is 1.34. The Hall–Kier alpha value is -3.59. The Labute approximate surface area is 237 Å². The van der Waals surface area contributed by atoms with Crippen LogP contribution in [0, 0.1) is 0 Å². The molecule has 0 radical (unpaired) electrons. The molecular formula is C29H28Cl2N4O4. The van der Waals surface area contributed by atoms with Crippen LogP contribution in [0.1, 0.15) is 46.0 Å². The van der Waals surface area contributed by atoms with Crippen LogP contribution in [-0.4, -0.2) is 54.5 Å². The van der Waals surface area contributed by atoms with Gasteiger partial charge in [0, 0.05) is 33.3 Å². The first-order valence-electron chi connectivity index (χ1n) is 12.6. The van der Waals surface area contributed by atoms with Crippen LogP contribution in [0.4, 0.5) is 0 Å². The number of aliphatic imine (C=N–C) groups is 1. The van der Waals surface area contributed by atoms with Crippen LogP contribution >= 0.6 is 23.2 Å². The Morgan fingerprint density at radius 3 is 2.62 bits per heavy atom. The van der Waals surface area contributed by atoms with E-state index in [9.17, 15) is 9.59 Å². The number of carbonyl (C=O) groups is 2. The second-order valence-electron chi connectivity index (χ2n) is 9.32. The smallest absolute Gasteiger partial charge is 0.328 e. The minimum absolute atomic E-state index is 0.223. The summed E-state index contributed by atoms with van der Waals surface area (Å²) in [5.41, 5.74) is 6.06. The van der Waals surface area contributed by atoms with Crippen molar-refractivity contribution >= 4 is 41.4 Å². The summed E-state index contributed by atoms with van der Waals surface area (Å²) in [5.74, 6) is -0.0392. The van der Waals surface area contributed by atoms with E-state index in [0.717, 1.165) is 23.1 Å². The van der Waals surface area contributed by atoms with Gasteiger partial charge in [-0.2, -0.15) is 0 Å². The lowest BCUT2D eigenvalue weighted by Gasteiger charge is -2.26. The van der Waals surface area contributed by atoms with Crippen LogP contribution in [0.15, 0.2) is 71.7 Å². The van der Waals surface area contributed by atoms with Crippen molar-refractivity contribution in [1.82, 2.24) is 15.3 Å². The molecule has 8 nitrogen and oxygen atoms in total. The average molecular weight is 567 g/mol. The minimum Gasteiger partial charge on any atom is -0.481 e. The van der Waals surface area contributed by atoms with E-state index in [1.54, 1.807) is 23.4 Å². The number of hydrazine groups is 1. The molecule has 2 aliphatic rings. The molecule has 202 valence electrons. The van der Waals surface area contributed by atoms with Crippen LogP contribution in [0.3, 0.4) is 0 Å². The number of rotatable bonds is 8. The van der Waals surface area contributed by atoms with Crippen molar-refractivity contribution in [3.63, 3.8) is 0 Å². The third kappa shape index (κ3) is 6.03. The quantitative estimate of drug-likeness (QED) is 0.375. The Bertz CT molecular complexity index is 1380. The monoisotopic (exact) mass is 566 g/mol. The number of nitrogens with one attached hydrogen (secondary N) is 1. The van der Waals surface area contributed by atoms with E-state index < -0.39 is 18.1 Å². The number of nitrogens with zero attached hydrogens (tertiary/aromatic N) is 3. The number of carbonyl (C=O) groups excluding carboxylic acids is 2. The third-order valence-electron chi connectivity index (χ3n) is 6.83. The molecule has 0 saturated carbocycles. The van der Waals surface area contributed by atoms with Gasteiger partial charge in [-0.1, -0.05) is 53.5 Å². The summed E-state index contributed by atoms with van der Waals surface area (Å²) in [5, 5.41) is 3.02. The fourth-order valence-corrected chi connectivity index (χ4v) is 5.22. The van der Waals surface area contributed by atoms with Crippen LogP contribution < -0.4 is 10.2 Å². The van der Waals surface area contributed by atoms with Gasteiger partial charge in [-0.25, -0.2) is 10.2 Å². The SMILES string of the molecule is COC(=O)[C@@H]1CCCN1C(=O)c1ccc(OC(c2ccc(Cl)cc2)c2ccccc2Cl)c(CN2C=NCN2)c1. The molecule has 2 aliphatic heterocycles. The number of ether oxygens (including phenoxy) is 2. The highest BCUT2D eigenvalue weighted by Gasteiger charge is 2.35. The van der Waals surface area contributed by atoms with Gasteiger partial charge in [0.15, 0.2) is 6.10 Å². The molecule has 1 amide bonds. The number of hydrogen-bond donors (Lipinski definition) is 1. The fraction of sp³-hybridized carbons (Fsp3) is 0.276. The van der Waals surface area contributed by atoms with Gasteiger partial charge in [-0.05, 0) is 54.8 Å². The van der Waals surface area contributed by atoms with Crippen molar-refractivity contribution in [2.45, 2.75) is 31.5 Å². The molecule has 3 aromatic rings. The topological polar surface area (TPSA) is 83.5 Å². The van der Waals surface area contributed by atoms with E-state index in [1.807, 2.05) is 59.6 Å². The molecule has 2 heterocycles. The average Bonchev–Trinajstić information content (AvgIpc) is 3.65. The Balaban J connectivity index is 1.51. The molecule has 2 atom stereocenters. The summed E-state index contributed by atoms with van der Waals surface area (Å²) in [4.78, 5) is 31.6. The molecule has 5 rings (SSSR count). The van der Waals surface area contributed by atoms with E-state index in [0.29, 0.717) is 47.5 Å². The van der Waals surface area contributed by atoms with Crippen LogP contribution in [-0.2, 0) is 16.1 Å². The van der Waals surface area contributed by atoms with Crippen molar-refractivity contribution in [2.24, 2.45) is 4.99 Å². The van der Waals surface area contributed by atoms with Crippen LogP contribution in [0.2, 0.25) is 10.0 Å². The van der Waals surface area contributed by atoms with Gasteiger partial charge in [-0.3, -0.25) is 14.8 Å². The number of esters is 1. The van der Waals surface area contributed by atoms with Crippen LogP contribution in [0.5, 0.6) is 5.75 Å². The van der Waals surface area contributed by atoms with Crippen LogP contribution in [0.25, 0.3) is 0 Å². The maximum absolute atomic E-state index is 13.5. The molecule has 0 spiro atoms. The highest BCUT2D eigenvalue weighted by molar-refractivity contribution is 6.31. The van der Waals surface area contributed by atoms with Gasteiger partial charge in [0.2, 0.25) is 0 Å². The Kier molecular flexibility index (Phi) is 8.35. The van der Waals surface area contributed by atoms with Crippen molar-refractivity contribution in [1.29, 1.82) is 0 Å². The predicted octanol–water partition coefficient (Wildman–Crippen LogP) is 5.25. The summed E-state index contributed by atoms with van der Waals surface area (Å²) in [6.45, 7) is 1.37. The molecule has 0 aromatic heterocycles. The zero-order valence-electron chi connectivity index (χ0n) is 21.3. The van der Waals surface area contributed by atoms with Gasteiger partial charge >= 0.3 is 5.97 Å². The number of methoxy groups -OCH3 is 1. The van der Waals surface area contributed by atoms with Gasteiger partial charge in [0.1, 0.15) is 24.8 Å². The highest BCUT2D eigenvalue weighted by atomic mass is 35.5. The Morgan fingerprint density at radius 2 is 1.90 bits per heavy atom. The lowest BCUT2D eigenvalue weighted by atomic mass is 10.0. The number of benzene rings is 3. The summed E-state index contributed by atoms with van der Waals surface area (Å²) < 4.78 is 11.6. The first-order chi connectivity index (χ1) is 18.9. The molecule has 1 saturated heterocycles. The van der Waals surface area contributed by atoms with Crippen molar-refractivity contribution < 1.29 is 19.1 Å². The summed E-state index contributed by atoms with van der Waals surface area (Å²) >= 11 is 12.8. The molecule has 39 heavy (non-hydrogen) atoms. The van der Waals surface area contributed by atoms with Gasteiger partial charge in [0.05, 0.1) is 13.7 Å². The van der Waals surface area contributed by atoms with Crippen molar-refractivity contribution in [2.75, 3.05) is 20.3 Å². The number of amides is 1. The van der Waals surface area contributed by atoms with E-state index in [4.69, 9.17) is 32.7 Å². The van der Waals surface area contributed by atoms with Crippen molar-refractivity contribution in [3.05, 3.63) is 99.0 Å². The molecule has 1 N–H and O–H groups in total. The van der Waals surface area contributed by atoms with Crippen molar-refractivity contribution in [3.8, 4) is 5.75 Å². The van der Waals surface area contributed by atoms with Gasteiger partial charge in [0.25, 0.3) is 5.91 Å². The molecule has 1 unspecified atom stereocenters. The van der Waals surface area contributed by atoms with E-state index >= 15 is 0 Å². The molecular weight excluding hydrogens is 539 g/mol. The number of likely N-dealkylation sites (tertiary alicyclic amines) is 1. The highest BCUT2D eigenvalue weighted by Crippen LogP contribution is 2.35. The van der Waals surface area contributed by atoms with Gasteiger partial charge in [-0.15, -0.1) is 0 Å². The molecule has 3 aromatic carbocycles. The standard InChI is InChI=1S/C29H28Cl2N4O4/c1-38-29(37)25-7-4-14-35(25)28(36)20-10-13-26(21(15-20)16-34-18-32-17-33-34)39-27(19-8-11-22(30)12-9-19)23-5-2-3-6-24(23)31/h2-3,5-6,8-13,15,18,25,27,33H,4,7,14,16-17H2,1H3/t25-,27?/m0/s1. The lowest BCUT2D eigenvalue weighted by Crippen LogP contribution is -2.41. The molecule has 10 heteroatoms. The lowest BCUT2D eigenvalue weighted by molar-refractivity contribution is -0.145. The maximum Gasteiger partial charge on any atom is 0.328 e. The summed E-state index contributed by atoms with van der Waals surface area (Å²) in [6.07, 6.45) is 2.51. The Morgan fingerprint density at radius 1 is 1.10 bits per heavy atom. The largest absolute Gasteiger partial charge is 0.481 e. The van der Waals surface area contributed by atoms with E-state index in [-0.39, 0.29) is 5.91 Å². The fourth-order valence-electron chi connectivity index (χ4n) is 4.86. The number of halogens is 2. The molecule has 1 fully saturated rings. The number of hydrogen-bond acceptors (Lipinski definition) is 7. The maximum atomic E-state index is 13.5. The minimum atomic E-state index is -0.580. The first-order valence-corrected chi connectivity index (χ1v) is 13.4. The van der Waals surface area contributed by atoms with E-state index in [1.165, 1.54) is 7.11 Å². The second-order valence-corrected chi connectivity index (χ2v) is 10.2.